The second-order valence-electron chi connectivity index (χ2n) is 2.76. The van der Waals surface area contributed by atoms with Gasteiger partial charge < -0.3 is 5.73 Å². The van der Waals surface area contributed by atoms with Gasteiger partial charge in [0.1, 0.15) is 0 Å². The van der Waals surface area contributed by atoms with Crippen LogP contribution in [-0.4, -0.2) is 28.1 Å². The van der Waals surface area contributed by atoms with Crippen molar-refractivity contribution in [3.8, 4) is 0 Å². The van der Waals surface area contributed by atoms with Gasteiger partial charge in [-0.1, -0.05) is 36.4 Å². The Morgan fingerprint density at radius 2 is 2.00 bits per heavy atom. The molecule has 0 aliphatic heterocycles. The van der Waals surface area contributed by atoms with Crippen LogP contribution in [0.1, 0.15) is 27.2 Å². The molecule has 0 radical (unpaired) electrons. The van der Waals surface area contributed by atoms with Crippen molar-refractivity contribution in [1.82, 2.24) is 4.90 Å². The predicted molar refractivity (Wildman–Crippen MR) is 59.0 cm³/mol. The molecule has 0 amide bonds. The Morgan fingerprint density at radius 3 is 2.27 bits per heavy atom. The molecule has 0 aromatic heterocycles. The van der Waals surface area contributed by atoms with Crippen molar-refractivity contribution >= 4 is 22.6 Å². The van der Waals surface area contributed by atoms with Crippen LogP contribution in [0.4, 0.5) is 0 Å². The largest absolute Gasteiger partial charge is 0.328 e. The molecule has 0 fully saturated rings. The van der Waals surface area contributed by atoms with Crippen LogP contribution < -0.4 is 5.73 Å². The third-order valence-corrected chi connectivity index (χ3v) is 3.30. The van der Waals surface area contributed by atoms with Crippen LogP contribution in [0.2, 0.25) is 0 Å². The van der Waals surface area contributed by atoms with Gasteiger partial charge in [-0.2, -0.15) is 0 Å². The fourth-order valence-electron chi connectivity index (χ4n) is 1.16. The van der Waals surface area contributed by atoms with E-state index in [2.05, 4.69) is 48.3 Å². The number of likely N-dealkylation sites (N-methyl/N-ethyl adjacent to an activating group) is 1. The van der Waals surface area contributed by atoms with Gasteiger partial charge in [0, 0.05) is 12.6 Å². The lowest BCUT2D eigenvalue weighted by atomic mass is 10.2. The average molecular weight is 270 g/mol. The monoisotopic (exact) mass is 270 g/mol. The van der Waals surface area contributed by atoms with Gasteiger partial charge in [0.15, 0.2) is 0 Å². The maximum Gasteiger partial charge on any atom is 0.0744 e. The maximum atomic E-state index is 5.59. The van der Waals surface area contributed by atoms with Gasteiger partial charge in [-0.3, -0.25) is 4.90 Å². The Hall–Kier alpha value is 0.650. The van der Waals surface area contributed by atoms with E-state index < -0.39 is 0 Å². The molecular weight excluding hydrogens is 251 g/mol. The van der Waals surface area contributed by atoms with Crippen molar-refractivity contribution in [3.63, 3.8) is 0 Å². The zero-order valence-electron chi connectivity index (χ0n) is 7.68. The highest BCUT2D eigenvalue weighted by Gasteiger charge is 2.16. The van der Waals surface area contributed by atoms with Crippen molar-refractivity contribution in [1.29, 1.82) is 0 Å². The zero-order chi connectivity index (χ0) is 8.85. The number of nitrogens with two attached hydrogens (primary N) is 1. The van der Waals surface area contributed by atoms with Crippen LogP contribution in [-0.2, 0) is 0 Å². The smallest absolute Gasteiger partial charge is 0.0744 e. The van der Waals surface area contributed by atoms with Crippen LogP contribution in [0.5, 0.6) is 0 Å². The van der Waals surface area contributed by atoms with E-state index in [9.17, 15) is 0 Å². The van der Waals surface area contributed by atoms with Crippen molar-refractivity contribution in [3.05, 3.63) is 0 Å². The first-order valence-electron chi connectivity index (χ1n) is 4.27. The van der Waals surface area contributed by atoms with Crippen LogP contribution in [0.15, 0.2) is 0 Å². The minimum atomic E-state index is 0.493. The third kappa shape index (κ3) is 3.71. The molecule has 0 aliphatic carbocycles. The molecule has 0 aromatic rings. The molecule has 11 heavy (non-hydrogen) atoms. The quantitative estimate of drug-likeness (QED) is 0.469. The van der Waals surface area contributed by atoms with E-state index in [0.29, 0.717) is 10.1 Å². The van der Waals surface area contributed by atoms with Crippen molar-refractivity contribution < 1.29 is 0 Å². The molecule has 0 aliphatic rings. The van der Waals surface area contributed by atoms with Gasteiger partial charge in [-0.25, -0.2) is 0 Å². The zero-order valence-corrected chi connectivity index (χ0v) is 9.84. The lowest BCUT2D eigenvalue weighted by Crippen LogP contribution is -2.41. The molecule has 3 heteroatoms. The molecule has 68 valence electrons. The summed E-state index contributed by atoms with van der Waals surface area (Å²) in [5.74, 6) is 0. The molecule has 0 aromatic carbocycles. The molecule has 0 saturated heterocycles. The van der Waals surface area contributed by atoms with Gasteiger partial charge in [0.05, 0.1) is 4.05 Å². The van der Waals surface area contributed by atoms with E-state index in [1.54, 1.807) is 0 Å². The van der Waals surface area contributed by atoms with E-state index in [0.717, 1.165) is 13.1 Å². The molecule has 2 N–H and O–H groups in total. The van der Waals surface area contributed by atoms with Crippen molar-refractivity contribution in [2.45, 2.75) is 37.3 Å². The van der Waals surface area contributed by atoms with Crippen LogP contribution in [0.3, 0.4) is 0 Å². The molecular formula is C8H19IN2. The number of hydrogen-bond donors (Lipinski definition) is 1. The maximum absolute atomic E-state index is 5.59. The van der Waals surface area contributed by atoms with E-state index in [1.807, 2.05) is 0 Å². The van der Waals surface area contributed by atoms with E-state index in [1.165, 1.54) is 6.42 Å². The number of rotatable bonds is 5. The summed E-state index contributed by atoms with van der Waals surface area (Å²) in [4.78, 5) is 2.43. The predicted octanol–water partition coefficient (Wildman–Crippen LogP) is 1.83. The summed E-state index contributed by atoms with van der Waals surface area (Å²) >= 11 is 2.41. The Labute approximate surface area is 83.7 Å². The number of alkyl halides is 1. The lowest BCUT2D eigenvalue weighted by molar-refractivity contribution is 0.210. The molecule has 0 spiro atoms. The van der Waals surface area contributed by atoms with Gasteiger partial charge in [-0.15, -0.1) is 0 Å². The third-order valence-electron chi connectivity index (χ3n) is 2.08. The summed E-state index contributed by atoms with van der Waals surface area (Å²) < 4.78 is 0.493. The average Bonchev–Trinajstić information content (AvgIpc) is 2.05. The van der Waals surface area contributed by atoms with Gasteiger partial charge >= 0.3 is 0 Å². The van der Waals surface area contributed by atoms with Crippen molar-refractivity contribution in [2.24, 2.45) is 5.73 Å². The highest BCUT2D eigenvalue weighted by molar-refractivity contribution is 14.1. The van der Waals surface area contributed by atoms with Crippen LogP contribution >= 0.6 is 22.6 Å². The minimum absolute atomic E-state index is 0.493. The van der Waals surface area contributed by atoms with Crippen molar-refractivity contribution in [2.75, 3.05) is 13.1 Å². The first-order valence-corrected chi connectivity index (χ1v) is 5.51. The fourth-order valence-corrected chi connectivity index (χ4v) is 2.10. The normalized spacial score (nSPS) is 16.9. The fraction of sp³-hybridized carbons (Fsp3) is 1.00. The molecule has 0 saturated carbocycles. The van der Waals surface area contributed by atoms with Crippen LogP contribution in [0, 0.1) is 0 Å². The van der Waals surface area contributed by atoms with E-state index >= 15 is 0 Å². The molecule has 1 unspecified atom stereocenters. The number of hydrogen-bond acceptors (Lipinski definition) is 2. The molecule has 0 bridgehead atoms. The SMILES string of the molecule is CC[C@@H](C)N(CC)C(I)CN. The summed E-state index contributed by atoms with van der Waals surface area (Å²) in [6.45, 7) is 8.50. The summed E-state index contributed by atoms with van der Waals surface area (Å²) in [6.07, 6.45) is 1.20. The molecule has 2 nitrogen and oxygen atoms in total. The highest BCUT2D eigenvalue weighted by Crippen LogP contribution is 2.12. The van der Waals surface area contributed by atoms with Gasteiger partial charge in [-0.05, 0) is 19.9 Å². The summed E-state index contributed by atoms with van der Waals surface area (Å²) in [7, 11) is 0. The Morgan fingerprint density at radius 1 is 1.45 bits per heavy atom. The molecule has 0 heterocycles. The lowest BCUT2D eigenvalue weighted by Gasteiger charge is -2.30. The highest BCUT2D eigenvalue weighted by atomic mass is 127. The number of halogens is 1. The second kappa shape index (κ2) is 6.20. The first-order chi connectivity index (χ1) is 5.17. The van der Waals surface area contributed by atoms with Gasteiger partial charge in [0.2, 0.25) is 0 Å². The van der Waals surface area contributed by atoms with E-state index in [-0.39, 0.29) is 0 Å². The van der Waals surface area contributed by atoms with Crippen LogP contribution in [0.25, 0.3) is 0 Å². The topological polar surface area (TPSA) is 29.3 Å². The second-order valence-corrected chi connectivity index (χ2v) is 4.20. The Balaban J connectivity index is 3.92. The van der Waals surface area contributed by atoms with E-state index in [4.69, 9.17) is 5.73 Å². The Bertz CT molecular complexity index is 88.1. The minimum Gasteiger partial charge on any atom is -0.328 e. The summed E-state index contributed by atoms with van der Waals surface area (Å²) in [6, 6.07) is 0.658. The first kappa shape index (κ1) is 11.6. The Kier molecular flexibility index (Phi) is 6.56. The summed E-state index contributed by atoms with van der Waals surface area (Å²) in [5, 5.41) is 0. The van der Waals surface area contributed by atoms with Gasteiger partial charge in [0.25, 0.3) is 0 Å². The standard InChI is InChI=1S/C8H19IN2/c1-4-7(3)11(5-2)8(9)6-10/h7-8H,4-6,10H2,1-3H3/t7-,8?/m1/s1. The molecule has 2 atom stereocenters. The summed E-state index contributed by atoms with van der Waals surface area (Å²) in [5.41, 5.74) is 5.59. The molecule has 0 rings (SSSR count). The number of nitrogens with zero attached hydrogens (tertiary/aromatic N) is 1.